The Balaban J connectivity index is 1.87. The van der Waals surface area contributed by atoms with Crippen molar-refractivity contribution < 1.29 is 19.2 Å². The molecule has 1 spiro atoms. The quantitative estimate of drug-likeness (QED) is 0.472. The van der Waals surface area contributed by atoms with Gasteiger partial charge in [0.15, 0.2) is 17.0 Å². The molecule has 0 saturated carbocycles. The highest BCUT2D eigenvalue weighted by molar-refractivity contribution is 9.10. The van der Waals surface area contributed by atoms with Crippen molar-refractivity contribution >= 4 is 27.5 Å². The Morgan fingerprint density at radius 2 is 1.90 bits per heavy atom. The van der Waals surface area contributed by atoms with Gasteiger partial charge in [0.2, 0.25) is 0 Å². The summed E-state index contributed by atoms with van der Waals surface area (Å²) < 4.78 is 12.1. The number of ether oxygens (including phenoxy) is 2. The lowest BCUT2D eigenvalue weighted by molar-refractivity contribution is -0.532. The number of nitrogens with zero attached hydrogens (tertiary/aromatic N) is 1. The Kier molecular flexibility index (Phi) is 5.65. The predicted molar refractivity (Wildman–Crippen MR) is 119 cm³/mol. The number of halogens is 1. The molecular formula is C22H24BrN3O5. The molecule has 4 rings (SSSR count). The van der Waals surface area contributed by atoms with Crippen LogP contribution >= 0.6 is 15.9 Å². The van der Waals surface area contributed by atoms with Crippen LogP contribution in [0.4, 0.5) is 5.69 Å². The molecule has 2 N–H and O–H groups in total. The molecule has 2 aliphatic heterocycles. The largest absolute Gasteiger partial charge is 0.490 e. The lowest BCUT2D eigenvalue weighted by Gasteiger charge is -2.25. The maximum atomic E-state index is 13.1. The third-order valence-corrected chi connectivity index (χ3v) is 6.56. The molecule has 0 radical (unpaired) electrons. The van der Waals surface area contributed by atoms with Crippen LogP contribution in [0, 0.1) is 10.1 Å². The molecule has 2 aliphatic rings. The maximum Gasteiger partial charge on any atom is 0.256 e. The van der Waals surface area contributed by atoms with Gasteiger partial charge in [-0.25, -0.2) is 0 Å². The number of nitrogens with one attached hydrogen (secondary N) is 2. The van der Waals surface area contributed by atoms with Gasteiger partial charge in [-0.1, -0.05) is 18.2 Å². The monoisotopic (exact) mass is 489 g/mol. The topological polar surface area (TPSA) is 103 Å². The first kappa shape index (κ1) is 21.6. The van der Waals surface area contributed by atoms with E-state index in [1.807, 2.05) is 26.8 Å². The Bertz CT molecular complexity index is 1050. The van der Waals surface area contributed by atoms with Gasteiger partial charge in [-0.2, -0.15) is 0 Å². The molecule has 2 aromatic rings. The van der Waals surface area contributed by atoms with Gasteiger partial charge in [0.05, 0.1) is 23.6 Å². The van der Waals surface area contributed by atoms with Crippen molar-refractivity contribution in [1.29, 1.82) is 0 Å². The van der Waals surface area contributed by atoms with Crippen molar-refractivity contribution in [3.8, 4) is 11.5 Å². The van der Waals surface area contributed by atoms with E-state index < -0.39 is 23.4 Å². The van der Waals surface area contributed by atoms with Gasteiger partial charge in [-0.05, 0) is 60.5 Å². The first-order chi connectivity index (χ1) is 14.8. The highest BCUT2D eigenvalue weighted by Gasteiger charge is 2.67. The minimum Gasteiger partial charge on any atom is -0.490 e. The molecule has 1 fully saturated rings. The number of hydrogen-bond acceptors (Lipinski definition) is 6. The molecule has 2 heterocycles. The Morgan fingerprint density at radius 3 is 2.58 bits per heavy atom. The van der Waals surface area contributed by atoms with Gasteiger partial charge in [0, 0.05) is 22.2 Å². The van der Waals surface area contributed by atoms with Crippen LogP contribution in [0.15, 0.2) is 40.9 Å². The van der Waals surface area contributed by atoms with E-state index in [1.54, 1.807) is 30.3 Å². The summed E-state index contributed by atoms with van der Waals surface area (Å²) in [6.45, 7) is 6.49. The van der Waals surface area contributed by atoms with Crippen LogP contribution in [0.3, 0.4) is 0 Å². The zero-order chi connectivity index (χ0) is 22.3. The average molecular weight is 490 g/mol. The van der Waals surface area contributed by atoms with Crippen LogP contribution in [0.25, 0.3) is 0 Å². The van der Waals surface area contributed by atoms with E-state index in [9.17, 15) is 14.9 Å². The van der Waals surface area contributed by atoms with Crippen molar-refractivity contribution in [2.45, 2.75) is 44.3 Å². The molecule has 9 heteroatoms. The first-order valence-corrected chi connectivity index (χ1v) is 11.1. The second kappa shape index (κ2) is 8.12. The molecular weight excluding hydrogens is 466 g/mol. The van der Waals surface area contributed by atoms with E-state index in [0.29, 0.717) is 46.0 Å². The smallest absolute Gasteiger partial charge is 0.256 e. The molecule has 2 aromatic carbocycles. The molecule has 0 aliphatic carbocycles. The van der Waals surface area contributed by atoms with Crippen LogP contribution in [0.5, 0.6) is 11.5 Å². The first-order valence-electron chi connectivity index (χ1n) is 10.3. The van der Waals surface area contributed by atoms with E-state index in [0.717, 1.165) is 0 Å². The Hall–Kier alpha value is -2.65. The van der Waals surface area contributed by atoms with E-state index in [4.69, 9.17) is 9.47 Å². The summed E-state index contributed by atoms with van der Waals surface area (Å²) in [6.07, 6.45) is 0. The summed E-state index contributed by atoms with van der Waals surface area (Å²) in [5.41, 5.74) is 0.462. The minimum atomic E-state index is -1.44. The van der Waals surface area contributed by atoms with Crippen molar-refractivity contribution in [3.05, 3.63) is 62.1 Å². The molecule has 0 aromatic heterocycles. The van der Waals surface area contributed by atoms with Crippen molar-refractivity contribution in [3.63, 3.8) is 0 Å². The van der Waals surface area contributed by atoms with Gasteiger partial charge in [-0.15, -0.1) is 0 Å². The number of amides is 1. The summed E-state index contributed by atoms with van der Waals surface area (Å²) in [5, 5.41) is 18.5. The number of rotatable bonds is 6. The van der Waals surface area contributed by atoms with E-state index >= 15 is 0 Å². The molecule has 8 nitrogen and oxygen atoms in total. The highest BCUT2D eigenvalue weighted by atomic mass is 79.9. The standard InChI is InChI=1S/C22H24BrN3O5/c1-4-30-17-11-13(10-15(23)19(17)31-5-2)18-12(3)25-22(20(18)26(28)29)14-8-6-7-9-16(14)24-21(22)27/h6-12,18,20,25H,4-5H2,1-3H3,(H,24,27)/t12-,18-,20+,22-/m0/s1. The van der Waals surface area contributed by atoms with Crippen LogP contribution < -0.4 is 20.1 Å². The Labute approximate surface area is 188 Å². The minimum absolute atomic E-state index is 0.340. The number of fused-ring (bicyclic) bond motifs is 2. The lowest BCUT2D eigenvalue weighted by Crippen LogP contribution is -2.54. The van der Waals surface area contributed by atoms with Gasteiger partial charge in [0.1, 0.15) is 0 Å². The van der Waals surface area contributed by atoms with Gasteiger partial charge >= 0.3 is 0 Å². The number of para-hydroxylation sites is 1. The number of anilines is 1. The fraction of sp³-hybridized carbons (Fsp3) is 0.409. The molecule has 31 heavy (non-hydrogen) atoms. The number of hydrogen-bond donors (Lipinski definition) is 2. The Morgan fingerprint density at radius 1 is 1.19 bits per heavy atom. The SMILES string of the molecule is CCOc1cc([C@@H]2[C@H](C)N[C@]3(C(=O)Nc4ccccc43)[C@@H]2[N+](=O)[O-])cc(Br)c1OCC. The van der Waals surface area contributed by atoms with Crippen molar-refractivity contribution in [1.82, 2.24) is 5.32 Å². The van der Waals surface area contributed by atoms with Gasteiger partial charge < -0.3 is 14.8 Å². The maximum absolute atomic E-state index is 13.1. The zero-order valence-corrected chi connectivity index (χ0v) is 19.1. The van der Waals surface area contributed by atoms with Crippen LogP contribution in [-0.4, -0.2) is 36.1 Å². The van der Waals surface area contributed by atoms with Crippen molar-refractivity contribution in [2.75, 3.05) is 18.5 Å². The third kappa shape index (κ3) is 3.27. The molecule has 1 amide bonds. The summed E-state index contributed by atoms with van der Waals surface area (Å²) in [6, 6.07) is 9.19. The molecule has 0 bridgehead atoms. The summed E-state index contributed by atoms with van der Waals surface area (Å²) >= 11 is 3.53. The van der Waals surface area contributed by atoms with E-state index in [2.05, 4.69) is 26.6 Å². The second-order valence-electron chi connectivity index (χ2n) is 7.69. The van der Waals surface area contributed by atoms with Gasteiger partial charge in [-0.3, -0.25) is 20.2 Å². The van der Waals surface area contributed by atoms with Crippen LogP contribution in [0.1, 0.15) is 37.8 Å². The zero-order valence-electron chi connectivity index (χ0n) is 17.5. The third-order valence-electron chi connectivity index (χ3n) is 5.97. The van der Waals surface area contributed by atoms with Gasteiger partial charge in [0.25, 0.3) is 11.9 Å². The lowest BCUT2D eigenvalue weighted by atomic mass is 9.78. The predicted octanol–water partition coefficient (Wildman–Crippen LogP) is 3.81. The van der Waals surface area contributed by atoms with Crippen molar-refractivity contribution in [2.24, 2.45) is 0 Å². The fourth-order valence-corrected chi connectivity index (χ4v) is 5.46. The molecule has 0 unspecified atom stereocenters. The molecule has 164 valence electrons. The van der Waals surface area contributed by atoms with E-state index in [-0.39, 0.29) is 11.0 Å². The number of benzene rings is 2. The molecule has 1 saturated heterocycles. The number of carbonyl (C=O) groups excluding carboxylic acids is 1. The van der Waals surface area contributed by atoms with Crippen LogP contribution in [0.2, 0.25) is 0 Å². The highest BCUT2D eigenvalue weighted by Crippen LogP contribution is 2.51. The number of carbonyl (C=O) groups is 1. The summed E-state index contributed by atoms with van der Waals surface area (Å²) in [4.78, 5) is 25.2. The summed E-state index contributed by atoms with van der Waals surface area (Å²) in [5.74, 6) is 0.0983. The normalized spacial score (nSPS) is 26.6. The fourth-order valence-electron chi connectivity index (χ4n) is 4.88. The number of nitro groups is 1. The van der Waals surface area contributed by atoms with E-state index in [1.165, 1.54) is 0 Å². The average Bonchev–Trinajstić information content (AvgIpc) is 3.19. The summed E-state index contributed by atoms with van der Waals surface area (Å²) in [7, 11) is 0. The second-order valence-corrected chi connectivity index (χ2v) is 8.55. The van der Waals surface area contributed by atoms with Crippen LogP contribution in [-0.2, 0) is 10.3 Å². The molecule has 4 atom stereocenters.